The molecule has 0 aliphatic carbocycles. The van der Waals surface area contributed by atoms with Crippen molar-refractivity contribution in [3.05, 3.63) is 0 Å². The fourth-order valence-corrected chi connectivity index (χ4v) is 4.36. The van der Waals surface area contributed by atoms with Gasteiger partial charge in [-0.15, -0.1) is 0 Å². The smallest absolute Gasteiger partial charge is 0.222 e. The van der Waals surface area contributed by atoms with E-state index in [0.29, 0.717) is 18.9 Å². The summed E-state index contributed by atoms with van der Waals surface area (Å²) >= 11 is 0. The third kappa shape index (κ3) is 3.45. The van der Waals surface area contributed by atoms with Crippen molar-refractivity contribution in [2.24, 2.45) is 5.92 Å². The molecule has 0 spiro atoms. The Morgan fingerprint density at radius 2 is 2.22 bits per heavy atom. The van der Waals surface area contributed by atoms with Crippen LogP contribution in [0.3, 0.4) is 0 Å². The van der Waals surface area contributed by atoms with Crippen molar-refractivity contribution >= 4 is 15.7 Å². The highest BCUT2D eigenvalue weighted by Crippen LogP contribution is 2.18. The van der Waals surface area contributed by atoms with Gasteiger partial charge in [-0.05, 0) is 38.8 Å². The van der Waals surface area contributed by atoms with Crippen LogP contribution in [0.2, 0.25) is 0 Å². The molecular weight excluding hydrogens is 252 g/mol. The molecule has 0 radical (unpaired) electrons. The highest BCUT2D eigenvalue weighted by molar-refractivity contribution is 7.91. The van der Waals surface area contributed by atoms with Crippen LogP contribution in [-0.4, -0.2) is 56.4 Å². The van der Waals surface area contributed by atoms with Gasteiger partial charge >= 0.3 is 0 Å². The minimum atomic E-state index is -2.93. The zero-order chi connectivity index (χ0) is 13.2. The lowest BCUT2D eigenvalue weighted by atomic mass is 10.0. The van der Waals surface area contributed by atoms with Gasteiger partial charge in [0, 0.05) is 19.0 Å². The highest BCUT2D eigenvalue weighted by Gasteiger charge is 2.31. The Hall–Kier alpha value is -0.620. The lowest BCUT2D eigenvalue weighted by Crippen LogP contribution is -2.49. The Kier molecular flexibility index (Phi) is 4.27. The van der Waals surface area contributed by atoms with E-state index < -0.39 is 9.84 Å². The minimum Gasteiger partial charge on any atom is -0.338 e. The lowest BCUT2D eigenvalue weighted by Gasteiger charge is -2.33. The molecule has 0 aromatic carbocycles. The molecule has 0 bridgehead atoms. The maximum atomic E-state index is 12.1. The fraction of sp³-hybridized carbons (Fsp3) is 0.917. The van der Waals surface area contributed by atoms with Crippen molar-refractivity contribution in [1.29, 1.82) is 0 Å². The van der Waals surface area contributed by atoms with E-state index in [0.717, 1.165) is 25.9 Å². The van der Waals surface area contributed by atoms with Gasteiger partial charge in [-0.3, -0.25) is 4.79 Å². The number of sulfone groups is 1. The normalized spacial score (nSPS) is 31.5. The molecular formula is C12H22N2O3S. The van der Waals surface area contributed by atoms with Gasteiger partial charge in [0.1, 0.15) is 0 Å². The summed E-state index contributed by atoms with van der Waals surface area (Å²) in [4.78, 5) is 13.8. The molecule has 2 unspecified atom stereocenters. The van der Waals surface area contributed by atoms with E-state index in [1.54, 1.807) is 4.90 Å². The number of carbonyl (C=O) groups is 1. The number of amides is 1. The van der Waals surface area contributed by atoms with Crippen molar-refractivity contribution < 1.29 is 13.2 Å². The molecule has 5 nitrogen and oxygen atoms in total. The molecule has 6 heteroatoms. The molecule has 2 heterocycles. The molecule has 2 rings (SSSR count). The van der Waals surface area contributed by atoms with E-state index in [9.17, 15) is 13.2 Å². The predicted molar refractivity (Wildman–Crippen MR) is 70.0 cm³/mol. The standard InChI is InChI=1S/C12H22N2O3S/c1-10-9-18(16,17)7-6-14(10)12(15)3-2-11-4-5-13-8-11/h10-11,13H,2-9H2,1H3. The maximum Gasteiger partial charge on any atom is 0.222 e. The van der Waals surface area contributed by atoms with Crippen LogP contribution < -0.4 is 5.32 Å². The highest BCUT2D eigenvalue weighted by atomic mass is 32.2. The third-order valence-electron chi connectivity index (χ3n) is 3.92. The molecule has 2 saturated heterocycles. The summed E-state index contributed by atoms with van der Waals surface area (Å²) in [6.07, 6.45) is 2.62. The fourth-order valence-electron chi connectivity index (χ4n) is 2.80. The zero-order valence-electron chi connectivity index (χ0n) is 10.9. The summed E-state index contributed by atoms with van der Waals surface area (Å²) in [6, 6.07) is -0.169. The average molecular weight is 274 g/mol. The molecule has 2 aliphatic heterocycles. The van der Waals surface area contributed by atoms with Crippen molar-refractivity contribution in [3.8, 4) is 0 Å². The van der Waals surface area contributed by atoms with E-state index in [-0.39, 0.29) is 23.5 Å². The van der Waals surface area contributed by atoms with Crippen molar-refractivity contribution in [2.45, 2.75) is 32.2 Å². The quantitative estimate of drug-likeness (QED) is 0.788. The summed E-state index contributed by atoms with van der Waals surface area (Å²) in [7, 11) is -2.93. The Morgan fingerprint density at radius 1 is 1.44 bits per heavy atom. The number of nitrogens with one attached hydrogen (secondary N) is 1. The third-order valence-corrected chi connectivity index (χ3v) is 5.71. The van der Waals surface area contributed by atoms with Crippen LogP contribution in [0.25, 0.3) is 0 Å². The largest absolute Gasteiger partial charge is 0.338 e. The summed E-state index contributed by atoms with van der Waals surface area (Å²) in [6.45, 7) is 4.26. The van der Waals surface area contributed by atoms with Crippen LogP contribution in [0.4, 0.5) is 0 Å². The summed E-state index contributed by atoms with van der Waals surface area (Å²) < 4.78 is 22.9. The topological polar surface area (TPSA) is 66.5 Å². The summed E-state index contributed by atoms with van der Waals surface area (Å²) in [5.74, 6) is 0.958. The number of rotatable bonds is 3. The van der Waals surface area contributed by atoms with E-state index in [4.69, 9.17) is 0 Å². The molecule has 1 amide bonds. The molecule has 1 N–H and O–H groups in total. The number of nitrogens with zero attached hydrogens (tertiary/aromatic N) is 1. The van der Waals surface area contributed by atoms with Gasteiger partial charge in [-0.1, -0.05) is 0 Å². The van der Waals surface area contributed by atoms with E-state index in [2.05, 4.69) is 5.32 Å². The molecule has 2 aliphatic rings. The molecule has 104 valence electrons. The Morgan fingerprint density at radius 3 is 2.83 bits per heavy atom. The van der Waals surface area contributed by atoms with Gasteiger partial charge in [-0.2, -0.15) is 0 Å². The predicted octanol–water partition coefficient (Wildman–Crippen LogP) is 0.0216. The van der Waals surface area contributed by atoms with Gasteiger partial charge in [0.2, 0.25) is 5.91 Å². The SMILES string of the molecule is CC1CS(=O)(=O)CCN1C(=O)CCC1CCNC1. The van der Waals surface area contributed by atoms with Crippen molar-refractivity contribution in [2.75, 3.05) is 31.1 Å². The number of hydrogen-bond donors (Lipinski definition) is 1. The Labute approximate surface area is 109 Å². The number of carbonyl (C=O) groups excluding carboxylic acids is 1. The molecule has 2 atom stereocenters. The molecule has 0 aromatic heterocycles. The number of hydrogen-bond acceptors (Lipinski definition) is 4. The first-order chi connectivity index (χ1) is 8.48. The van der Waals surface area contributed by atoms with Gasteiger partial charge in [0.25, 0.3) is 0 Å². The van der Waals surface area contributed by atoms with Gasteiger partial charge in [0.15, 0.2) is 9.84 Å². The first-order valence-corrected chi connectivity index (χ1v) is 8.51. The zero-order valence-corrected chi connectivity index (χ0v) is 11.7. The van der Waals surface area contributed by atoms with Crippen molar-refractivity contribution in [3.63, 3.8) is 0 Å². The van der Waals surface area contributed by atoms with E-state index >= 15 is 0 Å². The monoisotopic (exact) mass is 274 g/mol. The van der Waals surface area contributed by atoms with Crippen LogP contribution in [0.5, 0.6) is 0 Å². The second-order valence-corrected chi connectivity index (χ2v) is 7.68. The van der Waals surface area contributed by atoms with Crippen LogP contribution in [0.15, 0.2) is 0 Å². The summed E-state index contributed by atoms with van der Waals surface area (Å²) in [5.41, 5.74) is 0. The average Bonchev–Trinajstić information content (AvgIpc) is 2.77. The van der Waals surface area contributed by atoms with E-state index in [1.807, 2.05) is 6.92 Å². The van der Waals surface area contributed by atoms with Gasteiger partial charge in [-0.25, -0.2) is 8.42 Å². The van der Waals surface area contributed by atoms with Crippen molar-refractivity contribution in [1.82, 2.24) is 10.2 Å². The van der Waals surface area contributed by atoms with Crippen LogP contribution >= 0.6 is 0 Å². The second kappa shape index (κ2) is 5.57. The van der Waals surface area contributed by atoms with Crippen LogP contribution in [0.1, 0.15) is 26.2 Å². The first kappa shape index (κ1) is 13.8. The minimum absolute atomic E-state index is 0.115. The molecule has 2 fully saturated rings. The second-order valence-electron chi connectivity index (χ2n) is 5.45. The van der Waals surface area contributed by atoms with Crippen LogP contribution in [0, 0.1) is 5.92 Å². The maximum absolute atomic E-state index is 12.1. The molecule has 0 saturated carbocycles. The first-order valence-electron chi connectivity index (χ1n) is 6.68. The van der Waals surface area contributed by atoms with E-state index in [1.165, 1.54) is 0 Å². The molecule has 18 heavy (non-hydrogen) atoms. The van der Waals surface area contributed by atoms with Gasteiger partial charge < -0.3 is 10.2 Å². The summed E-state index contributed by atoms with van der Waals surface area (Å²) in [5, 5.41) is 3.29. The van der Waals surface area contributed by atoms with Gasteiger partial charge in [0.05, 0.1) is 11.5 Å². The Bertz CT molecular complexity index is 402. The Balaban J connectivity index is 1.81. The van der Waals surface area contributed by atoms with Crippen LogP contribution in [-0.2, 0) is 14.6 Å². The molecule has 0 aromatic rings. The lowest BCUT2D eigenvalue weighted by molar-refractivity contribution is -0.133.